The molecule has 3 rings (SSSR count). The van der Waals surface area contributed by atoms with Gasteiger partial charge in [0, 0.05) is 5.56 Å². The van der Waals surface area contributed by atoms with Gasteiger partial charge < -0.3 is 14.8 Å². The molecule has 30 heavy (non-hydrogen) atoms. The summed E-state index contributed by atoms with van der Waals surface area (Å²) in [6.07, 6.45) is 1.44. The van der Waals surface area contributed by atoms with Crippen molar-refractivity contribution in [2.45, 2.75) is 6.61 Å². The summed E-state index contributed by atoms with van der Waals surface area (Å²) in [6, 6.07) is 20.4. The van der Waals surface area contributed by atoms with Gasteiger partial charge in [0.2, 0.25) is 0 Å². The third kappa shape index (κ3) is 4.85. The molecule has 0 saturated heterocycles. The van der Waals surface area contributed by atoms with Crippen molar-refractivity contribution in [3.05, 3.63) is 82.2 Å². The van der Waals surface area contributed by atoms with Gasteiger partial charge in [0.25, 0.3) is 5.91 Å². The van der Waals surface area contributed by atoms with Crippen molar-refractivity contribution in [2.24, 2.45) is 0 Å². The molecule has 0 aliphatic rings. The number of anilines is 1. The van der Waals surface area contributed by atoms with Gasteiger partial charge in [-0.2, -0.15) is 10.5 Å². The Bertz CT molecular complexity index is 1150. The maximum Gasteiger partial charge on any atom is 0.266 e. The van der Waals surface area contributed by atoms with Crippen molar-refractivity contribution in [1.82, 2.24) is 0 Å². The summed E-state index contributed by atoms with van der Waals surface area (Å²) in [6.45, 7) is 0.302. The zero-order valence-corrected chi connectivity index (χ0v) is 16.9. The lowest BCUT2D eigenvalue weighted by atomic mass is 10.1. The number of thiophene rings is 1. The molecule has 0 radical (unpaired) electrons. The fraction of sp³-hybridized carbons (Fsp3) is 0.0870. The molecule has 1 N–H and O–H groups in total. The second kappa shape index (κ2) is 9.92. The highest BCUT2D eigenvalue weighted by molar-refractivity contribution is 7.14. The summed E-state index contributed by atoms with van der Waals surface area (Å²) in [5.41, 5.74) is 1.73. The molecule has 6 nitrogen and oxygen atoms in total. The minimum absolute atomic E-state index is 0.120. The number of ether oxygens (including phenoxy) is 2. The molecule has 1 amide bonds. The van der Waals surface area contributed by atoms with E-state index in [1.54, 1.807) is 29.6 Å². The highest BCUT2D eigenvalue weighted by Crippen LogP contribution is 2.33. The monoisotopic (exact) mass is 415 g/mol. The van der Waals surface area contributed by atoms with Crippen molar-refractivity contribution >= 4 is 28.3 Å². The standard InChI is InChI=1S/C23H17N3O3S/c1-28-20-9-5-8-17(21(20)29-15-16-6-3-2-4-7-16)12-19(14-25)22(27)26-23-18(13-24)10-11-30-23/h2-12H,15H2,1H3,(H,26,27)/b19-12+. The number of nitriles is 2. The van der Waals surface area contributed by atoms with E-state index in [1.807, 2.05) is 42.5 Å². The number of para-hydroxylation sites is 1. The Morgan fingerprint density at radius 3 is 2.63 bits per heavy atom. The fourth-order valence-corrected chi connectivity index (χ4v) is 3.39. The number of rotatable bonds is 7. The molecular weight excluding hydrogens is 398 g/mol. The molecule has 0 fully saturated rings. The number of benzene rings is 2. The molecule has 0 saturated carbocycles. The van der Waals surface area contributed by atoms with Crippen molar-refractivity contribution in [1.29, 1.82) is 10.5 Å². The van der Waals surface area contributed by atoms with Gasteiger partial charge in [0.1, 0.15) is 29.3 Å². The predicted octanol–water partition coefficient (Wildman–Crippen LogP) is 4.75. The fourth-order valence-electron chi connectivity index (χ4n) is 2.66. The van der Waals surface area contributed by atoms with E-state index in [0.717, 1.165) is 5.56 Å². The van der Waals surface area contributed by atoms with Crippen LogP contribution in [-0.2, 0) is 11.4 Å². The Hall–Kier alpha value is -4.07. The second-order valence-electron chi connectivity index (χ2n) is 6.05. The molecule has 0 aliphatic heterocycles. The first-order valence-corrected chi connectivity index (χ1v) is 9.78. The Labute approximate surface area is 178 Å². The van der Waals surface area contributed by atoms with Crippen molar-refractivity contribution in [3.63, 3.8) is 0 Å². The van der Waals surface area contributed by atoms with E-state index in [4.69, 9.17) is 14.7 Å². The third-order valence-corrected chi connectivity index (χ3v) is 4.96. The maximum absolute atomic E-state index is 12.6. The first-order chi connectivity index (χ1) is 14.7. The third-order valence-electron chi connectivity index (χ3n) is 4.13. The SMILES string of the molecule is COc1cccc(/C=C(\C#N)C(=O)Nc2sccc2C#N)c1OCc1ccccc1. The van der Waals surface area contributed by atoms with Crippen LogP contribution >= 0.6 is 11.3 Å². The van der Waals surface area contributed by atoms with Crippen LogP contribution in [0.3, 0.4) is 0 Å². The van der Waals surface area contributed by atoms with Gasteiger partial charge in [-0.3, -0.25) is 4.79 Å². The maximum atomic E-state index is 12.6. The van der Waals surface area contributed by atoms with Gasteiger partial charge >= 0.3 is 0 Å². The summed E-state index contributed by atoms with van der Waals surface area (Å²) in [7, 11) is 1.52. The highest BCUT2D eigenvalue weighted by atomic mass is 32.1. The average molecular weight is 415 g/mol. The van der Waals surface area contributed by atoms with Crippen LogP contribution in [0.2, 0.25) is 0 Å². The molecule has 0 spiro atoms. The number of nitrogens with one attached hydrogen (secondary N) is 1. The number of carbonyl (C=O) groups excluding carboxylic acids is 1. The van der Waals surface area contributed by atoms with E-state index < -0.39 is 5.91 Å². The van der Waals surface area contributed by atoms with Crippen LogP contribution in [0.4, 0.5) is 5.00 Å². The smallest absolute Gasteiger partial charge is 0.266 e. The zero-order valence-electron chi connectivity index (χ0n) is 16.1. The van der Waals surface area contributed by atoms with E-state index in [1.165, 1.54) is 24.5 Å². The molecule has 0 atom stereocenters. The Morgan fingerprint density at radius 1 is 1.13 bits per heavy atom. The number of hydrogen-bond donors (Lipinski definition) is 1. The van der Waals surface area contributed by atoms with Crippen LogP contribution in [0.25, 0.3) is 6.08 Å². The van der Waals surface area contributed by atoms with E-state index in [-0.39, 0.29) is 5.57 Å². The minimum Gasteiger partial charge on any atom is -0.493 e. The van der Waals surface area contributed by atoms with Crippen molar-refractivity contribution in [2.75, 3.05) is 12.4 Å². The number of hydrogen-bond acceptors (Lipinski definition) is 6. The zero-order chi connectivity index (χ0) is 21.3. The quantitative estimate of drug-likeness (QED) is 0.444. The average Bonchev–Trinajstić information content (AvgIpc) is 3.23. The van der Waals surface area contributed by atoms with E-state index in [9.17, 15) is 10.1 Å². The summed E-state index contributed by atoms with van der Waals surface area (Å²) < 4.78 is 11.4. The normalized spacial score (nSPS) is 10.6. The summed E-state index contributed by atoms with van der Waals surface area (Å²) >= 11 is 1.22. The highest BCUT2D eigenvalue weighted by Gasteiger charge is 2.16. The van der Waals surface area contributed by atoms with Crippen LogP contribution in [0.5, 0.6) is 11.5 Å². The lowest BCUT2D eigenvalue weighted by Gasteiger charge is -2.14. The van der Waals surface area contributed by atoms with Crippen molar-refractivity contribution in [3.8, 4) is 23.6 Å². The van der Waals surface area contributed by atoms with Gasteiger partial charge in [0.15, 0.2) is 11.5 Å². The number of methoxy groups -OCH3 is 1. The van der Waals surface area contributed by atoms with Gasteiger partial charge in [-0.25, -0.2) is 0 Å². The lowest BCUT2D eigenvalue weighted by Crippen LogP contribution is -2.13. The predicted molar refractivity (Wildman–Crippen MR) is 115 cm³/mol. The lowest BCUT2D eigenvalue weighted by molar-refractivity contribution is -0.112. The van der Waals surface area contributed by atoms with E-state index >= 15 is 0 Å². The molecule has 148 valence electrons. The van der Waals surface area contributed by atoms with Crippen LogP contribution in [0, 0.1) is 22.7 Å². The van der Waals surface area contributed by atoms with Gasteiger partial charge in [0.05, 0.1) is 12.7 Å². The van der Waals surface area contributed by atoms with Crippen LogP contribution < -0.4 is 14.8 Å². The Morgan fingerprint density at radius 2 is 1.93 bits per heavy atom. The summed E-state index contributed by atoms with van der Waals surface area (Å²) in [5.74, 6) is 0.314. The molecule has 0 aliphatic carbocycles. The molecule has 3 aromatic rings. The van der Waals surface area contributed by atoms with Crippen molar-refractivity contribution < 1.29 is 14.3 Å². The molecule has 0 unspecified atom stereocenters. The first kappa shape index (κ1) is 20.7. The van der Waals surface area contributed by atoms with Gasteiger partial charge in [-0.15, -0.1) is 11.3 Å². The van der Waals surface area contributed by atoms with E-state index in [2.05, 4.69) is 5.32 Å². The van der Waals surface area contributed by atoms with Gasteiger partial charge in [-0.1, -0.05) is 42.5 Å². The topological polar surface area (TPSA) is 95.1 Å². The molecule has 7 heteroatoms. The number of nitrogens with zero attached hydrogens (tertiary/aromatic N) is 2. The Kier molecular flexibility index (Phi) is 6.83. The minimum atomic E-state index is -0.603. The summed E-state index contributed by atoms with van der Waals surface area (Å²) in [5, 5.41) is 23.3. The molecule has 2 aromatic carbocycles. The molecule has 1 heterocycles. The second-order valence-corrected chi connectivity index (χ2v) is 6.97. The summed E-state index contributed by atoms with van der Waals surface area (Å²) in [4.78, 5) is 12.6. The molecule has 1 aromatic heterocycles. The molecular formula is C23H17N3O3S. The number of amides is 1. The first-order valence-electron chi connectivity index (χ1n) is 8.90. The van der Waals surface area contributed by atoms with Gasteiger partial charge in [-0.05, 0) is 29.2 Å². The van der Waals surface area contributed by atoms with E-state index in [0.29, 0.717) is 34.2 Å². The largest absolute Gasteiger partial charge is 0.493 e. The van der Waals surface area contributed by atoms with Crippen LogP contribution in [0.1, 0.15) is 16.7 Å². The molecule has 0 bridgehead atoms. The van der Waals surface area contributed by atoms with Crippen LogP contribution in [0.15, 0.2) is 65.6 Å². The van der Waals surface area contributed by atoms with Crippen LogP contribution in [-0.4, -0.2) is 13.0 Å². The Balaban J connectivity index is 1.89. The number of carbonyl (C=O) groups is 1.